The van der Waals surface area contributed by atoms with Gasteiger partial charge in [0.25, 0.3) is 5.91 Å². The first kappa shape index (κ1) is 21.5. The number of H-pyrrole nitrogens is 1. The fourth-order valence-corrected chi connectivity index (χ4v) is 4.24. The quantitative estimate of drug-likeness (QED) is 0.346. The monoisotopic (exact) mass is 450 g/mol. The fraction of sp³-hybridized carbons (Fsp3) is 0.143. The summed E-state index contributed by atoms with van der Waals surface area (Å²) < 4.78 is 5.33. The maximum atomic E-state index is 13.0. The number of carbonyl (C=O) groups excluding carboxylic acids is 1. The molecule has 0 aliphatic heterocycles. The van der Waals surface area contributed by atoms with Gasteiger partial charge in [0.2, 0.25) is 0 Å². The van der Waals surface area contributed by atoms with E-state index in [-0.39, 0.29) is 11.8 Å². The molecule has 0 radical (unpaired) electrons. The second-order valence-electron chi connectivity index (χ2n) is 8.48. The number of nitrogens with zero attached hydrogens (tertiary/aromatic N) is 2. The Morgan fingerprint density at radius 2 is 1.79 bits per heavy atom. The minimum absolute atomic E-state index is 0.00442. The highest BCUT2D eigenvalue weighted by Gasteiger charge is 2.20. The van der Waals surface area contributed by atoms with Crippen LogP contribution in [0.4, 0.5) is 5.69 Å². The van der Waals surface area contributed by atoms with E-state index in [4.69, 9.17) is 4.42 Å². The van der Waals surface area contributed by atoms with Gasteiger partial charge in [-0.2, -0.15) is 0 Å². The molecule has 170 valence electrons. The smallest absolute Gasteiger partial charge is 0.251 e. The number of benzene rings is 3. The van der Waals surface area contributed by atoms with Crippen molar-refractivity contribution in [2.45, 2.75) is 5.92 Å². The van der Waals surface area contributed by atoms with E-state index in [1.807, 2.05) is 44.6 Å². The number of nitrogens with one attached hydrogen (secondary N) is 2. The van der Waals surface area contributed by atoms with Crippen LogP contribution in [0.3, 0.4) is 0 Å². The van der Waals surface area contributed by atoms with Crippen LogP contribution in [0.25, 0.3) is 22.2 Å². The number of hydrogen-bond acceptors (Lipinski definition) is 4. The third kappa shape index (κ3) is 4.30. The number of aromatic amines is 1. The van der Waals surface area contributed by atoms with Crippen LogP contribution in [0.2, 0.25) is 0 Å². The molecule has 2 aromatic heterocycles. The molecule has 0 aliphatic carbocycles. The van der Waals surface area contributed by atoms with Gasteiger partial charge >= 0.3 is 0 Å². The Morgan fingerprint density at radius 1 is 1.03 bits per heavy atom. The van der Waals surface area contributed by atoms with Crippen molar-refractivity contribution in [3.63, 3.8) is 0 Å². The van der Waals surface area contributed by atoms with Gasteiger partial charge in [-0.15, -0.1) is 0 Å². The zero-order valence-corrected chi connectivity index (χ0v) is 19.2. The van der Waals surface area contributed by atoms with Crippen LogP contribution < -0.4 is 10.2 Å². The second kappa shape index (κ2) is 9.27. The first-order valence-electron chi connectivity index (χ1n) is 11.2. The van der Waals surface area contributed by atoms with Gasteiger partial charge in [-0.05, 0) is 41.5 Å². The number of oxazole rings is 1. The van der Waals surface area contributed by atoms with E-state index in [0.717, 1.165) is 33.3 Å². The molecule has 0 bridgehead atoms. The van der Waals surface area contributed by atoms with E-state index in [1.54, 1.807) is 18.3 Å². The molecule has 0 aliphatic rings. The standard InChI is InChI=1S/C28H26N4O2/c1-32(2)22-13-11-19(12-14-22)24(25-16-30-26-6-4-3-5-23(25)26)15-31-28(33)21-9-7-20(8-10-21)27-17-29-18-34-27/h3-14,16-18,24,30H,15H2,1-2H3,(H,31,33). The van der Waals surface area contributed by atoms with Gasteiger partial charge in [-0.3, -0.25) is 4.79 Å². The molecule has 0 saturated carbocycles. The Bertz CT molecular complexity index is 1380. The number of rotatable bonds is 7. The highest BCUT2D eigenvalue weighted by atomic mass is 16.3. The van der Waals surface area contributed by atoms with Crippen molar-refractivity contribution in [2.75, 3.05) is 25.5 Å². The largest absolute Gasteiger partial charge is 0.444 e. The third-order valence-corrected chi connectivity index (χ3v) is 6.14. The van der Waals surface area contributed by atoms with Crippen LogP contribution in [0.1, 0.15) is 27.4 Å². The first-order valence-corrected chi connectivity index (χ1v) is 11.2. The van der Waals surface area contributed by atoms with Crippen molar-refractivity contribution in [3.8, 4) is 11.3 Å². The average molecular weight is 451 g/mol. The molecule has 5 aromatic rings. The number of carbonyl (C=O) groups is 1. The lowest BCUT2D eigenvalue weighted by Crippen LogP contribution is -2.28. The van der Waals surface area contributed by atoms with Gasteiger partial charge in [0.05, 0.1) is 6.20 Å². The van der Waals surface area contributed by atoms with E-state index < -0.39 is 0 Å². The lowest BCUT2D eigenvalue weighted by atomic mass is 9.90. The molecule has 0 saturated heterocycles. The Labute approximate surface area is 198 Å². The summed E-state index contributed by atoms with van der Waals surface area (Å²) in [5.74, 6) is 0.566. The molecule has 0 fully saturated rings. The normalized spacial score (nSPS) is 11.9. The van der Waals surface area contributed by atoms with Crippen LogP contribution in [0.5, 0.6) is 0 Å². The summed E-state index contributed by atoms with van der Waals surface area (Å²) in [7, 11) is 4.06. The van der Waals surface area contributed by atoms with Crippen LogP contribution in [0.15, 0.2) is 96.0 Å². The van der Waals surface area contributed by atoms with Gasteiger partial charge < -0.3 is 19.6 Å². The lowest BCUT2D eigenvalue weighted by molar-refractivity contribution is 0.0952. The summed E-state index contributed by atoms with van der Waals surface area (Å²) in [6, 6.07) is 24.1. The zero-order valence-electron chi connectivity index (χ0n) is 19.2. The number of fused-ring (bicyclic) bond motifs is 1. The van der Waals surface area contributed by atoms with Crippen molar-refractivity contribution < 1.29 is 9.21 Å². The molecule has 34 heavy (non-hydrogen) atoms. The van der Waals surface area contributed by atoms with Crippen molar-refractivity contribution in [1.29, 1.82) is 0 Å². The number of hydrogen-bond donors (Lipinski definition) is 2. The third-order valence-electron chi connectivity index (χ3n) is 6.14. The molecular formula is C28H26N4O2. The Kier molecular flexibility index (Phi) is 5.87. The predicted molar refractivity (Wildman–Crippen MR) is 135 cm³/mol. The summed E-state index contributed by atoms with van der Waals surface area (Å²) in [5.41, 5.74) is 6.01. The number of amides is 1. The Balaban J connectivity index is 1.40. The number of anilines is 1. The van der Waals surface area contributed by atoms with E-state index in [0.29, 0.717) is 17.9 Å². The van der Waals surface area contributed by atoms with Crippen LogP contribution in [-0.4, -0.2) is 36.5 Å². The van der Waals surface area contributed by atoms with E-state index in [1.165, 1.54) is 6.39 Å². The van der Waals surface area contributed by atoms with Gasteiger partial charge in [0.1, 0.15) is 0 Å². The first-order chi connectivity index (χ1) is 16.6. The van der Waals surface area contributed by atoms with Crippen molar-refractivity contribution >= 4 is 22.5 Å². The highest BCUT2D eigenvalue weighted by molar-refractivity contribution is 5.94. The molecule has 6 nitrogen and oxygen atoms in total. The Hall–Kier alpha value is -4.32. The molecule has 1 amide bonds. The summed E-state index contributed by atoms with van der Waals surface area (Å²) in [4.78, 5) is 22.4. The van der Waals surface area contributed by atoms with Crippen molar-refractivity contribution in [3.05, 3.63) is 108 Å². The Morgan fingerprint density at radius 3 is 2.50 bits per heavy atom. The summed E-state index contributed by atoms with van der Waals surface area (Å²) >= 11 is 0. The molecule has 2 N–H and O–H groups in total. The minimum atomic E-state index is -0.112. The summed E-state index contributed by atoms with van der Waals surface area (Å²) in [6.07, 6.45) is 5.10. The van der Waals surface area contributed by atoms with Crippen LogP contribution in [0, 0.1) is 0 Å². The lowest BCUT2D eigenvalue weighted by Gasteiger charge is -2.20. The van der Waals surface area contributed by atoms with Crippen LogP contribution in [-0.2, 0) is 0 Å². The number of para-hydroxylation sites is 1. The van der Waals surface area contributed by atoms with Gasteiger partial charge in [0.15, 0.2) is 12.2 Å². The molecule has 1 atom stereocenters. The predicted octanol–water partition coefficient (Wildman–Crippen LogP) is 5.45. The topological polar surface area (TPSA) is 74.2 Å². The molecular weight excluding hydrogens is 424 g/mol. The summed E-state index contributed by atoms with van der Waals surface area (Å²) in [6.45, 7) is 0.478. The molecule has 0 spiro atoms. The zero-order chi connectivity index (χ0) is 23.5. The average Bonchev–Trinajstić information content (AvgIpc) is 3.55. The van der Waals surface area contributed by atoms with Crippen LogP contribution >= 0.6 is 0 Å². The number of aromatic nitrogens is 2. The van der Waals surface area contributed by atoms with Gasteiger partial charge in [-0.1, -0.05) is 42.5 Å². The van der Waals surface area contributed by atoms with E-state index in [2.05, 4.69) is 56.6 Å². The van der Waals surface area contributed by atoms with Crippen molar-refractivity contribution in [2.24, 2.45) is 0 Å². The van der Waals surface area contributed by atoms with E-state index in [9.17, 15) is 4.79 Å². The molecule has 2 heterocycles. The minimum Gasteiger partial charge on any atom is -0.444 e. The fourth-order valence-electron chi connectivity index (χ4n) is 4.24. The van der Waals surface area contributed by atoms with Gasteiger partial charge in [-0.25, -0.2) is 4.98 Å². The SMILES string of the molecule is CN(C)c1ccc(C(CNC(=O)c2ccc(-c3cnco3)cc2)c2c[nH]c3ccccc23)cc1. The molecule has 6 heteroatoms. The highest BCUT2D eigenvalue weighted by Crippen LogP contribution is 2.31. The van der Waals surface area contributed by atoms with E-state index >= 15 is 0 Å². The maximum Gasteiger partial charge on any atom is 0.251 e. The molecule has 1 unspecified atom stereocenters. The summed E-state index contributed by atoms with van der Waals surface area (Å²) in [5, 5.41) is 4.30. The molecule has 5 rings (SSSR count). The van der Waals surface area contributed by atoms with Crippen molar-refractivity contribution in [1.82, 2.24) is 15.3 Å². The second-order valence-corrected chi connectivity index (χ2v) is 8.48. The maximum absolute atomic E-state index is 13.0. The molecule has 3 aromatic carbocycles. The van der Waals surface area contributed by atoms with Gasteiger partial charge in [0, 0.05) is 60.5 Å².